The average Bonchev–Trinajstić information content (AvgIpc) is 1.67. The minimum Gasteiger partial charge on any atom is -0.411 e. The smallest absolute Gasteiger partial charge is 0.210 e. The molecular formula is C5H8NO2. The Kier molecular flexibility index (Phi) is 2.19. The molecule has 0 atom stereocenters. The Morgan fingerprint density at radius 2 is 2.25 bits per heavy atom. The van der Waals surface area contributed by atoms with Crippen LogP contribution in [-0.4, -0.2) is 17.7 Å². The lowest BCUT2D eigenvalue weighted by Crippen LogP contribution is -2.13. The summed E-state index contributed by atoms with van der Waals surface area (Å²) >= 11 is 0. The second kappa shape index (κ2) is 2.45. The second-order valence-corrected chi connectivity index (χ2v) is 2.07. The van der Waals surface area contributed by atoms with Gasteiger partial charge in [0, 0.05) is 0 Å². The van der Waals surface area contributed by atoms with E-state index in [1.54, 1.807) is 20.1 Å². The van der Waals surface area contributed by atoms with E-state index in [2.05, 4.69) is 5.16 Å². The normalized spacial score (nSPS) is 12.2. The van der Waals surface area contributed by atoms with Gasteiger partial charge in [-0.1, -0.05) is 0 Å². The molecule has 0 fully saturated rings. The average molecular weight is 114 g/mol. The van der Waals surface area contributed by atoms with E-state index in [4.69, 9.17) is 5.21 Å². The van der Waals surface area contributed by atoms with E-state index in [0.717, 1.165) is 6.21 Å². The highest BCUT2D eigenvalue weighted by Crippen LogP contribution is 2.04. The standard InChI is InChI=1S/C5H8NO2/c1-5(2,4-7)3-6-8/h3,8H,1-2H3/b6-3+. The zero-order valence-electron chi connectivity index (χ0n) is 4.88. The fourth-order valence-electron chi connectivity index (χ4n) is 0.171. The Morgan fingerprint density at radius 1 is 1.75 bits per heavy atom. The molecule has 0 spiro atoms. The number of hydrogen-bond donors (Lipinski definition) is 1. The van der Waals surface area contributed by atoms with Crippen molar-refractivity contribution in [1.82, 2.24) is 0 Å². The molecule has 0 unspecified atom stereocenters. The van der Waals surface area contributed by atoms with E-state index < -0.39 is 5.41 Å². The summed E-state index contributed by atoms with van der Waals surface area (Å²) in [5.41, 5.74) is -0.755. The molecular weight excluding hydrogens is 106 g/mol. The molecule has 0 aliphatic carbocycles. The van der Waals surface area contributed by atoms with Crippen LogP contribution in [0.2, 0.25) is 0 Å². The molecule has 8 heavy (non-hydrogen) atoms. The van der Waals surface area contributed by atoms with E-state index in [1.165, 1.54) is 0 Å². The monoisotopic (exact) mass is 114 g/mol. The molecule has 0 aromatic carbocycles. The molecule has 0 aromatic heterocycles. The van der Waals surface area contributed by atoms with Crippen molar-refractivity contribution in [2.75, 3.05) is 0 Å². The van der Waals surface area contributed by atoms with Gasteiger partial charge in [-0.15, -0.1) is 5.16 Å². The first-order valence-corrected chi connectivity index (χ1v) is 2.20. The van der Waals surface area contributed by atoms with Gasteiger partial charge in [0.05, 0.1) is 11.6 Å². The number of rotatable bonds is 2. The molecule has 0 aliphatic rings. The topological polar surface area (TPSA) is 49.7 Å². The third-order valence-corrected chi connectivity index (χ3v) is 0.644. The third kappa shape index (κ3) is 2.34. The van der Waals surface area contributed by atoms with Gasteiger partial charge in [-0.25, -0.2) is 0 Å². The molecule has 0 aromatic rings. The molecule has 1 N–H and O–H groups in total. The number of hydrogen-bond acceptors (Lipinski definition) is 3. The van der Waals surface area contributed by atoms with E-state index >= 15 is 0 Å². The Bertz CT molecular complexity index is 107. The van der Waals surface area contributed by atoms with E-state index in [0.29, 0.717) is 0 Å². The molecule has 45 valence electrons. The predicted octanol–water partition coefficient (Wildman–Crippen LogP) is 0.582. The third-order valence-electron chi connectivity index (χ3n) is 0.644. The highest BCUT2D eigenvalue weighted by Gasteiger charge is 2.13. The van der Waals surface area contributed by atoms with Crippen LogP contribution < -0.4 is 0 Å². The largest absolute Gasteiger partial charge is 0.411 e. The number of carbonyl (C=O) groups excluding carboxylic acids is 1. The number of nitrogens with zero attached hydrogens (tertiary/aromatic N) is 1. The highest BCUT2D eigenvalue weighted by molar-refractivity contribution is 5.85. The predicted molar refractivity (Wildman–Crippen MR) is 29.8 cm³/mol. The second-order valence-electron chi connectivity index (χ2n) is 2.07. The molecule has 3 heteroatoms. The summed E-state index contributed by atoms with van der Waals surface area (Å²) in [6.45, 7) is 3.19. The number of oxime groups is 1. The summed E-state index contributed by atoms with van der Waals surface area (Å²) in [6.07, 6.45) is 2.81. The van der Waals surface area contributed by atoms with Gasteiger partial charge in [-0.3, -0.25) is 4.79 Å². The maximum absolute atomic E-state index is 9.89. The molecule has 3 nitrogen and oxygen atoms in total. The maximum Gasteiger partial charge on any atom is 0.210 e. The van der Waals surface area contributed by atoms with Crippen molar-refractivity contribution < 1.29 is 10.0 Å². The lowest BCUT2D eigenvalue weighted by Gasteiger charge is -2.03. The maximum atomic E-state index is 9.89. The van der Waals surface area contributed by atoms with Crippen molar-refractivity contribution in [1.29, 1.82) is 0 Å². The van der Waals surface area contributed by atoms with Crippen LogP contribution in [0.15, 0.2) is 5.16 Å². The summed E-state index contributed by atoms with van der Waals surface area (Å²) < 4.78 is 0. The summed E-state index contributed by atoms with van der Waals surface area (Å²) in [6, 6.07) is 0. The fraction of sp³-hybridized carbons (Fsp3) is 0.600. The first-order chi connectivity index (χ1) is 3.62. The minimum atomic E-state index is -0.755. The van der Waals surface area contributed by atoms with Crippen molar-refractivity contribution in [3.05, 3.63) is 0 Å². The van der Waals surface area contributed by atoms with Crippen molar-refractivity contribution in [2.45, 2.75) is 13.8 Å². The van der Waals surface area contributed by atoms with Crippen LogP contribution in [0.1, 0.15) is 13.8 Å². The van der Waals surface area contributed by atoms with E-state index in [9.17, 15) is 4.79 Å². The molecule has 0 saturated heterocycles. The molecule has 0 heterocycles. The van der Waals surface area contributed by atoms with Crippen molar-refractivity contribution in [3.63, 3.8) is 0 Å². The van der Waals surface area contributed by atoms with Crippen LogP contribution in [0, 0.1) is 5.41 Å². The zero-order chi connectivity index (χ0) is 6.62. The lowest BCUT2D eigenvalue weighted by molar-refractivity contribution is 0.317. The van der Waals surface area contributed by atoms with Crippen LogP contribution in [0.5, 0.6) is 0 Å². The highest BCUT2D eigenvalue weighted by atomic mass is 16.4. The van der Waals surface area contributed by atoms with Gasteiger partial charge in [-0.2, -0.15) is 0 Å². The summed E-state index contributed by atoms with van der Waals surface area (Å²) in [4.78, 5) is 9.89. The van der Waals surface area contributed by atoms with Gasteiger partial charge in [0.25, 0.3) is 0 Å². The zero-order valence-corrected chi connectivity index (χ0v) is 4.88. The quantitative estimate of drug-likeness (QED) is 0.324. The summed E-state index contributed by atoms with van der Waals surface area (Å²) in [5.74, 6) is 0. The first-order valence-electron chi connectivity index (χ1n) is 2.20. The van der Waals surface area contributed by atoms with Crippen LogP contribution in [0.25, 0.3) is 0 Å². The van der Waals surface area contributed by atoms with Crippen LogP contribution in [-0.2, 0) is 4.79 Å². The van der Waals surface area contributed by atoms with Gasteiger partial charge in [0.1, 0.15) is 0 Å². The van der Waals surface area contributed by atoms with Crippen LogP contribution in [0.3, 0.4) is 0 Å². The van der Waals surface area contributed by atoms with Crippen molar-refractivity contribution >= 4 is 12.5 Å². The van der Waals surface area contributed by atoms with Crippen molar-refractivity contribution in [3.8, 4) is 0 Å². The van der Waals surface area contributed by atoms with Gasteiger partial charge in [0.15, 0.2) is 0 Å². The molecule has 0 saturated carbocycles. The SMILES string of the molecule is CC(C)([C]=O)/C=N/O. The molecule has 0 bridgehead atoms. The van der Waals surface area contributed by atoms with Gasteiger partial charge < -0.3 is 5.21 Å². The molecule has 0 aliphatic heterocycles. The Hall–Kier alpha value is -0.860. The van der Waals surface area contributed by atoms with Crippen molar-refractivity contribution in [2.24, 2.45) is 10.6 Å². The van der Waals surface area contributed by atoms with E-state index in [-0.39, 0.29) is 0 Å². The summed E-state index contributed by atoms with van der Waals surface area (Å²) in [7, 11) is 0. The Morgan fingerprint density at radius 3 is 2.38 bits per heavy atom. The Balaban J connectivity index is 3.90. The lowest BCUT2D eigenvalue weighted by atomic mass is 9.98. The molecule has 0 amide bonds. The summed E-state index contributed by atoms with van der Waals surface area (Å²) in [5, 5.41) is 10.6. The first kappa shape index (κ1) is 7.14. The fourth-order valence-corrected chi connectivity index (χ4v) is 0.171. The Labute approximate surface area is 48.0 Å². The van der Waals surface area contributed by atoms with E-state index in [1.807, 2.05) is 0 Å². The van der Waals surface area contributed by atoms with Crippen LogP contribution >= 0.6 is 0 Å². The van der Waals surface area contributed by atoms with Gasteiger partial charge in [-0.05, 0) is 13.8 Å². The molecule has 0 rings (SSSR count). The molecule has 1 radical (unpaired) electrons. The minimum absolute atomic E-state index is 0.755. The van der Waals surface area contributed by atoms with Crippen LogP contribution in [0.4, 0.5) is 0 Å². The van der Waals surface area contributed by atoms with Gasteiger partial charge in [0.2, 0.25) is 6.29 Å². The van der Waals surface area contributed by atoms with Gasteiger partial charge >= 0.3 is 0 Å².